The van der Waals surface area contributed by atoms with Crippen LogP contribution >= 0.6 is 11.8 Å². The first-order valence-electron chi connectivity index (χ1n) is 8.01. The number of carbonyl (C=O) groups excluding carboxylic acids is 1. The van der Waals surface area contributed by atoms with Gasteiger partial charge in [0.2, 0.25) is 5.91 Å². The molecule has 0 atom stereocenters. The zero-order valence-electron chi connectivity index (χ0n) is 12.9. The minimum absolute atomic E-state index is 0.215. The van der Waals surface area contributed by atoms with Crippen molar-refractivity contribution >= 4 is 23.3 Å². The molecule has 5 nitrogen and oxygen atoms in total. The van der Waals surface area contributed by atoms with Crippen molar-refractivity contribution in [3.63, 3.8) is 0 Å². The lowest BCUT2D eigenvalue weighted by Gasteiger charge is -2.33. The summed E-state index contributed by atoms with van der Waals surface area (Å²) in [4.78, 5) is 14.6. The van der Waals surface area contributed by atoms with Gasteiger partial charge in [0.1, 0.15) is 0 Å². The van der Waals surface area contributed by atoms with Gasteiger partial charge < -0.3 is 4.90 Å². The van der Waals surface area contributed by atoms with Crippen LogP contribution in [-0.4, -0.2) is 43.7 Å². The van der Waals surface area contributed by atoms with Gasteiger partial charge in [0, 0.05) is 18.8 Å². The van der Waals surface area contributed by atoms with E-state index < -0.39 is 0 Å². The SMILES string of the molecule is CCN(C(=O)CSc1nnc2ccccn12)C1CCCCC1. The van der Waals surface area contributed by atoms with Crippen LogP contribution in [0.2, 0.25) is 0 Å². The molecule has 0 radical (unpaired) electrons. The monoisotopic (exact) mass is 318 g/mol. The Morgan fingerprint density at radius 1 is 1.32 bits per heavy atom. The van der Waals surface area contributed by atoms with Crippen molar-refractivity contribution in [1.82, 2.24) is 19.5 Å². The Morgan fingerprint density at radius 2 is 2.14 bits per heavy atom. The molecule has 3 rings (SSSR count). The van der Waals surface area contributed by atoms with Gasteiger partial charge in [-0.1, -0.05) is 37.1 Å². The number of hydrogen-bond acceptors (Lipinski definition) is 4. The van der Waals surface area contributed by atoms with Crippen molar-refractivity contribution in [2.45, 2.75) is 50.2 Å². The van der Waals surface area contributed by atoms with E-state index >= 15 is 0 Å². The molecule has 0 bridgehead atoms. The molecule has 0 aliphatic heterocycles. The molecule has 1 aliphatic rings. The maximum atomic E-state index is 12.6. The van der Waals surface area contributed by atoms with Crippen molar-refractivity contribution in [1.29, 1.82) is 0 Å². The van der Waals surface area contributed by atoms with E-state index in [2.05, 4.69) is 22.0 Å². The fourth-order valence-electron chi connectivity index (χ4n) is 3.16. The molecule has 1 fully saturated rings. The van der Waals surface area contributed by atoms with Crippen LogP contribution < -0.4 is 0 Å². The summed E-state index contributed by atoms with van der Waals surface area (Å²) in [5, 5.41) is 9.07. The van der Waals surface area contributed by atoms with Crippen LogP contribution in [0.1, 0.15) is 39.0 Å². The topological polar surface area (TPSA) is 50.5 Å². The number of carbonyl (C=O) groups is 1. The van der Waals surface area contributed by atoms with Gasteiger partial charge in [-0.15, -0.1) is 10.2 Å². The first-order chi connectivity index (χ1) is 10.8. The first-order valence-corrected chi connectivity index (χ1v) is 9.00. The van der Waals surface area contributed by atoms with Crippen molar-refractivity contribution in [3.05, 3.63) is 24.4 Å². The Bertz CT molecular complexity index is 636. The molecule has 6 heteroatoms. The highest BCUT2D eigenvalue weighted by molar-refractivity contribution is 7.99. The number of hydrogen-bond donors (Lipinski definition) is 0. The predicted molar refractivity (Wildman–Crippen MR) is 88.0 cm³/mol. The average molecular weight is 318 g/mol. The van der Waals surface area contributed by atoms with E-state index in [0.29, 0.717) is 11.8 Å². The molecule has 2 aromatic heterocycles. The van der Waals surface area contributed by atoms with Crippen LogP contribution in [0, 0.1) is 0 Å². The number of fused-ring (bicyclic) bond motifs is 1. The third kappa shape index (κ3) is 3.27. The highest BCUT2D eigenvalue weighted by Crippen LogP contribution is 2.24. The zero-order valence-corrected chi connectivity index (χ0v) is 13.8. The Labute approximate surface area is 135 Å². The predicted octanol–water partition coefficient (Wildman–Crippen LogP) is 3.00. The van der Waals surface area contributed by atoms with Crippen LogP contribution in [0.25, 0.3) is 5.65 Å². The van der Waals surface area contributed by atoms with Gasteiger partial charge in [0.25, 0.3) is 0 Å². The second-order valence-corrected chi connectivity index (χ2v) is 6.61. The molecule has 22 heavy (non-hydrogen) atoms. The Morgan fingerprint density at radius 3 is 2.91 bits per heavy atom. The van der Waals surface area contributed by atoms with E-state index in [0.717, 1.165) is 30.2 Å². The molecule has 0 unspecified atom stereocenters. The van der Waals surface area contributed by atoms with Crippen molar-refractivity contribution in [2.24, 2.45) is 0 Å². The Balaban J connectivity index is 1.63. The van der Waals surface area contributed by atoms with Gasteiger partial charge in [-0.05, 0) is 31.9 Å². The Kier molecular flexibility index (Phi) is 4.97. The molecule has 2 aromatic rings. The minimum Gasteiger partial charge on any atom is -0.339 e. The van der Waals surface area contributed by atoms with Gasteiger partial charge in [0.15, 0.2) is 10.8 Å². The summed E-state index contributed by atoms with van der Waals surface area (Å²) in [5.41, 5.74) is 0.817. The molecular formula is C16H22N4OS. The second-order valence-electron chi connectivity index (χ2n) is 5.67. The highest BCUT2D eigenvalue weighted by atomic mass is 32.2. The zero-order chi connectivity index (χ0) is 15.4. The van der Waals surface area contributed by atoms with E-state index in [9.17, 15) is 4.79 Å². The lowest BCUT2D eigenvalue weighted by atomic mass is 9.94. The van der Waals surface area contributed by atoms with Crippen molar-refractivity contribution < 1.29 is 4.79 Å². The summed E-state index contributed by atoms with van der Waals surface area (Å²) in [5.74, 6) is 0.645. The number of rotatable bonds is 5. The number of pyridine rings is 1. The number of thioether (sulfide) groups is 1. The van der Waals surface area contributed by atoms with Gasteiger partial charge >= 0.3 is 0 Å². The lowest BCUT2D eigenvalue weighted by Crippen LogP contribution is -2.42. The maximum Gasteiger partial charge on any atom is 0.233 e. The smallest absolute Gasteiger partial charge is 0.233 e. The number of aromatic nitrogens is 3. The Hall–Kier alpha value is -1.56. The number of amides is 1. The average Bonchev–Trinajstić information content (AvgIpc) is 2.98. The van der Waals surface area contributed by atoms with E-state index in [1.807, 2.05) is 28.8 Å². The van der Waals surface area contributed by atoms with Crippen LogP contribution in [-0.2, 0) is 4.79 Å². The fourth-order valence-corrected chi connectivity index (χ4v) is 3.97. The highest BCUT2D eigenvalue weighted by Gasteiger charge is 2.24. The quantitative estimate of drug-likeness (QED) is 0.795. The molecular weight excluding hydrogens is 296 g/mol. The van der Waals surface area contributed by atoms with Crippen molar-refractivity contribution in [2.75, 3.05) is 12.3 Å². The van der Waals surface area contributed by atoms with E-state index in [1.165, 1.54) is 31.0 Å². The van der Waals surface area contributed by atoms with Crippen LogP contribution in [0.15, 0.2) is 29.6 Å². The van der Waals surface area contributed by atoms with E-state index in [1.54, 1.807) is 0 Å². The molecule has 2 heterocycles. The summed E-state index contributed by atoms with van der Waals surface area (Å²) in [6.07, 6.45) is 8.03. The largest absolute Gasteiger partial charge is 0.339 e. The maximum absolute atomic E-state index is 12.6. The molecule has 1 saturated carbocycles. The summed E-state index contributed by atoms with van der Waals surface area (Å²) >= 11 is 1.47. The van der Waals surface area contributed by atoms with Gasteiger partial charge in [-0.2, -0.15) is 0 Å². The number of nitrogens with zero attached hydrogens (tertiary/aromatic N) is 4. The molecule has 1 aliphatic carbocycles. The fraction of sp³-hybridized carbons (Fsp3) is 0.562. The first kappa shape index (κ1) is 15.3. The van der Waals surface area contributed by atoms with Crippen LogP contribution in [0.4, 0.5) is 0 Å². The minimum atomic E-state index is 0.215. The van der Waals surface area contributed by atoms with E-state index in [-0.39, 0.29) is 5.91 Å². The third-order valence-electron chi connectivity index (χ3n) is 4.28. The normalized spacial score (nSPS) is 16.0. The summed E-state index contributed by atoms with van der Waals surface area (Å²) in [7, 11) is 0. The summed E-state index contributed by atoms with van der Waals surface area (Å²) in [6, 6.07) is 6.23. The molecule has 0 saturated heterocycles. The van der Waals surface area contributed by atoms with Gasteiger partial charge in [-0.25, -0.2) is 0 Å². The second kappa shape index (κ2) is 7.13. The standard InChI is InChI=1S/C16H22N4OS/c1-2-19(13-8-4-3-5-9-13)15(21)12-22-16-18-17-14-10-6-7-11-20(14)16/h6-7,10-11,13H,2-5,8-9,12H2,1H3. The summed E-state index contributed by atoms with van der Waals surface area (Å²) < 4.78 is 1.93. The van der Waals surface area contributed by atoms with E-state index in [4.69, 9.17) is 0 Å². The van der Waals surface area contributed by atoms with Crippen LogP contribution in [0.3, 0.4) is 0 Å². The van der Waals surface area contributed by atoms with Gasteiger partial charge in [-0.3, -0.25) is 9.20 Å². The molecule has 0 aromatic carbocycles. The van der Waals surface area contributed by atoms with Crippen molar-refractivity contribution in [3.8, 4) is 0 Å². The molecule has 118 valence electrons. The molecule has 0 spiro atoms. The summed E-state index contributed by atoms with van der Waals surface area (Å²) in [6.45, 7) is 2.87. The lowest BCUT2D eigenvalue weighted by molar-refractivity contribution is -0.131. The molecule has 1 amide bonds. The van der Waals surface area contributed by atoms with Gasteiger partial charge in [0.05, 0.1) is 5.75 Å². The third-order valence-corrected chi connectivity index (χ3v) is 5.21. The van der Waals surface area contributed by atoms with Crippen LogP contribution in [0.5, 0.6) is 0 Å². The molecule has 0 N–H and O–H groups in total.